The van der Waals surface area contributed by atoms with E-state index in [9.17, 15) is 9.90 Å². The van der Waals surface area contributed by atoms with E-state index in [1.54, 1.807) is 7.11 Å². The third-order valence-electron chi connectivity index (χ3n) is 5.57. The van der Waals surface area contributed by atoms with Gasteiger partial charge in [0.05, 0.1) is 25.8 Å². The Morgan fingerprint density at radius 3 is 2.36 bits per heavy atom. The zero-order valence-electron chi connectivity index (χ0n) is 15.3. The van der Waals surface area contributed by atoms with E-state index in [-0.39, 0.29) is 18.1 Å². The maximum absolute atomic E-state index is 12.5. The first-order chi connectivity index (χ1) is 12.1. The van der Waals surface area contributed by atoms with E-state index in [2.05, 4.69) is 22.3 Å². The van der Waals surface area contributed by atoms with Crippen LogP contribution in [0.15, 0.2) is 24.3 Å². The highest BCUT2D eigenvalue weighted by Crippen LogP contribution is 2.41. The van der Waals surface area contributed by atoms with Crippen molar-refractivity contribution < 1.29 is 14.6 Å². The van der Waals surface area contributed by atoms with Crippen LogP contribution in [-0.4, -0.2) is 48.8 Å². The molecular formula is C20H30N2O3. The largest absolute Gasteiger partial charge is 0.497 e. The number of aliphatic hydroxyl groups excluding tert-OH is 1. The average Bonchev–Trinajstić information content (AvgIpc) is 3.45. The van der Waals surface area contributed by atoms with Crippen molar-refractivity contribution >= 4 is 5.91 Å². The van der Waals surface area contributed by atoms with Gasteiger partial charge in [-0.05, 0) is 75.2 Å². The second-order valence-corrected chi connectivity index (χ2v) is 7.51. The number of piperidine rings is 1. The van der Waals surface area contributed by atoms with E-state index >= 15 is 0 Å². The molecule has 0 aromatic heterocycles. The van der Waals surface area contributed by atoms with Crippen LogP contribution in [0.5, 0.6) is 5.75 Å². The standard InChI is InChI=1S/C20H30N2O3/c1-14(23)15-9-11-22(12-10-15)13-19(24)21-20(16-3-4-16)17-5-7-18(25-2)8-6-17/h5-8,14-16,20,23H,3-4,9-13H2,1-2H3,(H,21,24). The zero-order chi connectivity index (χ0) is 17.8. The number of methoxy groups -OCH3 is 1. The van der Waals surface area contributed by atoms with E-state index in [4.69, 9.17) is 4.74 Å². The molecule has 1 amide bonds. The summed E-state index contributed by atoms with van der Waals surface area (Å²) in [6, 6.07) is 8.12. The van der Waals surface area contributed by atoms with E-state index in [0.29, 0.717) is 18.4 Å². The number of aliphatic hydroxyl groups is 1. The van der Waals surface area contributed by atoms with Crippen molar-refractivity contribution in [3.63, 3.8) is 0 Å². The van der Waals surface area contributed by atoms with Gasteiger partial charge in [-0.15, -0.1) is 0 Å². The van der Waals surface area contributed by atoms with Gasteiger partial charge in [0.1, 0.15) is 5.75 Å². The van der Waals surface area contributed by atoms with Gasteiger partial charge in [0.2, 0.25) is 5.91 Å². The van der Waals surface area contributed by atoms with Gasteiger partial charge in [-0.2, -0.15) is 0 Å². The predicted molar refractivity (Wildman–Crippen MR) is 97.4 cm³/mol. The molecule has 1 saturated heterocycles. The summed E-state index contributed by atoms with van der Waals surface area (Å²) in [7, 11) is 1.66. The summed E-state index contributed by atoms with van der Waals surface area (Å²) < 4.78 is 5.22. The van der Waals surface area contributed by atoms with Gasteiger partial charge in [0.15, 0.2) is 0 Å². The lowest BCUT2D eigenvalue weighted by atomic mass is 9.92. The van der Waals surface area contributed by atoms with Crippen LogP contribution >= 0.6 is 0 Å². The molecule has 1 heterocycles. The van der Waals surface area contributed by atoms with Crippen LogP contribution in [0.1, 0.15) is 44.2 Å². The molecule has 138 valence electrons. The van der Waals surface area contributed by atoms with E-state index in [1.165, 1.54) is 12.8 Å². The van der Waals surface area contributed by atoms with Gasteiger partial charge >= 0.3 is 0 Å². The Bertz CT molecular complexity index is 561. The SMILES string of the molecule is COc1ccc(C(NC(=O)CN2CCC(C(C)O)CC2)C2CC2)cc1. The molecule has 0 bridgehead atoms. The molecule has 25 heavy (non-hydrogen) atoms. The minimum absolute atomic E-state index is 0.100. The molecule has 1 aromatic carbocycles. The van der Waals surface area contributed by atoms with Crippen molar-refractivity contribution in [2.24, 2.45) is 11.8 Å². The summed E-state index contributed by atoms with van der Waals surface area (Å²) in [6.07, 6.45) is 4.05. The number of rotatable bonds is 7. The Balaban J connectivity index is 1.53. The molecule has 1 saturated carbocycles. The average molecular weight is 346 g/mol. The van der Waals surface area contributed by atoms with Gasteiger partial charge in [-0.3, -0.25) is 9.69 Å². The minimum atomic E-state index is -0.245. The first kappa shape index (κ1) is 18.2. The second-order valence-electron chi connectivity index (χ2n) is 7.51. The number of hydrogen-bond acceptors (Lipinski definition) is 4. The van der Waals surface area contributed by atoms with Crippen LogP contribution in [0, 0.1) is 11.8 Å². The molecule has 2 atom stereocenters. The van der Waals surface area contributed by atoms with Gasteiger partial charge in [0.25, 0.3) is 0 Å². The van der Waals surface area contributed by atoms with Crippen molar-refractivity contribution in [2.75, 3.05) is 26.7 Å². The van der Waals surface area contributed by atoms with E-state index in [0.717, 1.165) is 37.2 Å². The molecule has 2 fully saturated rings. The highest BCUT2D eigenvalue weighted by Gasteiger charge is 2.34. The predicted octanol–water partition coefficient (Wildman–Crippen LogP) is 2.36. The molecule has 0 spiro atoms. The normalized spacial score (nSPS) is 21.6. The lowest BCUT2D eigenvalue weighted by Gasteiger charge is -2.33. The molecule has 3 rings (SSSR count). The molecule has 2 N–H and O–H groups in total. The highest BCUT2D eigenvalue weighted by molar-refractivity contribution is 5.78. The van der Waals surface area contributed by atoms with Crippen LogP contribution < -0.4 is 10.1 Å². The third kappa shape index (κ3) is 4.95. The first-order valence-electron chi connectivity index (χ1n) is 9.40. The fourth-order valence-corrected chi connectivity index (χ4v) is 3.73. The monoisotopic (exact) mass is 346 g/mol. The van der Waals surface area contributed by atoms with Crippen molar-refractivity contribution in [3.05, 3.63) is 29.8 Å². The Hall–Kier alpha value is -1.59. The third-order valence-corrected chi connectivity index (χ3v) is 5.57. The van der Waals surface area contributed by atoms with Crippen LogP contribution in [0.2, 0.25) is 0 Å². The summed E-state index contributed by atoms with van der Waals surface area (Å²) in [5.41, 5.74) is 1.16. The fraction of sp³-hybridized carbons (Fsp3) is 0.650. The summed E-state index contributed by atoms with van der Waals surface area (Å²) in [5.74, 6) is 1.87. The number of hydrogen-bond donors (Lipinski definition) is 2. The van der Waals surface area contributed by atoms with Crippen LogP contribution in [0.3, 0.4) is 0 Å². The molecule has 2 unspecified atom stereocenters. The van der Waals surface area contributed by atoms with Crippen molar-refractivity contribution in [2.45, 2.75) is 44.8 Å². The summed E-state index contributed by atoms with van der Waals surface area (Å²) >= 11 is 0. The molecule has 1 aromatic rings. The quantitative estimate of drug-likeness (QED) is 0.796. The summed E-state index contributed by atoms with van der Waals surface area (Å²) in [5, 5.41) is 12.9. The van der Waals surface area contributed by atoms with Crippen LogP contribution in [0.25, 0.3) is 0 Å². The fourth-order valence-electron chi connectivity index (χ4n) is 3.73. The summed E-state index contributed by atoms with van der Waals surface area (Å²) in [4.78, 5) is 14.7. The van der Waals surface area contributed by atoms with Crippen LogP contribution in [-0.2, 0) is 4.79 Å². The van der Waals surface area contributed by atoms with E-state index < -0.39 is 0 Å². The maximum Gasteiger partial charge on any atom is 0.234 e. The number of likely N-dealkylation sites (tertiary alicyclic amines) is 1. The summed E-state index contributed by atoms with van der Waals surface area (Å²) in [6.45, 7) is 4.09. The van der Waals surface area contributed by atoms with E-state index in [1.807, 2.05) is 19.1 Å². The lowest BCUT2D eigenvalue weighted by Crippen LogP contribution is -2.44. The smallest absolute Gasteiger partial charge is 0.234 e. The van der Waals surface area contributed by atoms with Gasteiger partial charge in [-0.1, -0.05) is 12.1 Å². The zero-order valence-corrected chi connectivity index (χ0v) is 15.3. The molecule has 5 heteroatoms. The molecule has 2 aliphatic rings. The topological polar surface area (TPSA) is 61.8 Å². The Morgan fingerprint density at radius 2 is 1.84 bits per heavy atom. The van der Waals surface area contributed by atoms with Crippen molar-refractivity contribution in [3.8, 4) is 5.75 Å². The minimum Gasteiger partial charge on any atom is -0.497 e. The van der Waals surface area contributed by atoms with Gasteiger partial charge in [-0.25, -0.2) is 0 Å². The molecule has 1 aliphatic heterocycles. The highest BCUT2D eigenvalue weighted by atomic mass is 16.5. The van der Waals surface area contributed by atoms with Crippen molar-refractivity contribution in [1.29, 1.82) is 0 Å². The van der Waals surface area contributed by atoms with Crippen LogP contribution in [0.4, 0.5) is 0 Å². The van der Waals surface area contributed by atoms with Gasteiger partial charge < -0.3 is 15.2 Å². The molecule has 0 radical (unpaired) electrons. The molecule has 5 nitrogen and oxygen atoms in total. The van der Waals surface area contributed by atoms with Crippen molar-refractivity contribution in [1.82, 2.24) is 10.2 Å². The Labute approximate surface area is 150 Å². The first-order valence-corrected chi connectivity index (χ1v) is 9.40. The number of carbonyl (C=O) groups is 1. The second kappa shape index (κ2) is 8.19. The number of benzene rings is 1. The maximum atomic E-state index is 12.5. The van der Waals surface area contributed by atoms with Gasteiger partial charge in [0, 0.05) is 0 Å². The number of amides is 1. The number of nitrogens with zero attached hydrogens (tertiary/aromatic N) is 1. The number of carbonyl (C=O) groups excluding carboxylic acids is 1. The Morgan fingerprint density at radius 1 is 1.20 bits per heavy atom. The Kier molecular flexibility index (Phi) is 5.97. The number of nitrogens with one attached hydrogen (secondary N) is 1. The number of ether oxygens (including phenoxy) is 1. The molecular weight excluding hydrogens is 316 g/mol. The lowest BCUT2D eigenvalue weighted by molar-refractivity contribution is -0.123. The molecule has 1 aliphatic carbocycles.